The number of hydrazine groups is 3. The summed E-state index contributed by atoms with van der Waals surface area (Å²) in [7, 11) is 0. The summed E-state index contributed by atoms with van der Waals surface area (Å²) >= 11 is 7.59. The van der Waals surface area contributed by atoms with Gasteiger partial charge in [-0.05, 0) is 52.9 Å². The van der Waals surface area contributed by atoms with Crippen molar-refractivity contribution < 1.29 is 0 Å². The third-order valence-corrected chi connectivity index (χ3v) is 7.53. The Morgan fingerprint density at radius 3 is 2.89 bits per heavy atom. The van der Waals surface area contributed by atoms with Crippen molar-refractivity contribution in [3.63, 3.8) is 0 Å². The molecule has 0 aromatic heterocycles. The van der Waals surface area contributed by atoms with Gasteiger partial charge >= 0.3 is 0 Å². The van der Waals surface area contributed by atoms with E-state index in [4.69, 9.17) is 0 Å². The Kier molecular flexibility index (Phi) is 3.00. The van der Waals surface area contributed by atoms with E-state index >= 15 is 0 Å². The van der Waals surface area contributed by atoms with Crippen molar-refractivity contribution in [2.24, 2.45) is 17.8 Å². The molecule has 0 amide bonds. The topological polar surface area (TPSA) is 39.3 Å². The van der Waals surface area contributed by atoms with Crippen molar-refractivity contribution in [1.82, 2.24) is 21.5 Å². The van der Waals surface area contributed by atoms with Gasteiger partial charge in [-0.15, -0.1) is 0 Å². The number of hydrogen-bond acceptors (Lipinski definition) is 4. The molecule has 18 heavy (non-hydrogen) atoms. The van der Waals surface area contributed by atoms with Crippen LogP contribution in [-0.4, -0.2) is 17.1 Å². The molecule has 5 unspecified atom stereocenters. The number of halogens is 2. The zero-order valence-corrected chi connectivity index (χ0v) is 13.3. The molecule has 3 N–H and O–H groups in total. The van der Waals surface area contributed by atoms with Crippen LogP contribution in [-0.2, 0) is 0 Å². The van der Waals surface area contributed by atoms with E-state index in [1.54, 1.807) is 0 Å². The lowest BCUT2D eigenvalue weighted by Gasteiger charge is -2.58. The normalized spacial score (nSPS) is 47.0. The second kappa shape index (κ2) is 4.45. The SMILES string of the molecule is BrC1=C(Br)N2NNNC3CCC4CCCC1C4C32. The van der Waals surface area contributed by atoms with Crippen LogP contribution in [0, 0.1) is 17.8 Å². The molecule has 100 valence electrons. The smallest absolute Gasteiger partial charge is 0.107 e. The molecule has 5 atom stereocenters. The largest absolute Gasteiger partial charge is 0.281 e. The summed E-state index contributed by atoms with van der Waals surface area (Å²) in [4.78, 5) is 0. The summed E-state index contributed by atoms with van der Waals surface area (Å²) in [5.41, 5.74) is 9.77. The van der Waals surface area contributed by atoms with E-state index in [2.05, 4.69) is 53.4 Å². The average molecular weight is 378 g/mol. The first-order chi connectivity index (χ1) is 8.77. The molecule has 2 heterocycles. The van der Waals surface area contributed by atoms with Crippen molar-refractivity contribution in [2.75, 3.05) is 0 Å². The quantitative estimate of drug-likeness (QED) is 0.566. The molecule has 0 radical (unpaired) electrons. The molecule has 3 fully saturated rings. The molecule has 4 nitrogen and oxygen atoms in total. The number of rotatable bonds is 0. The van der Waals surface area contributed by atoms with Crippen LogP contribution >= 0.6 is 31.9 Å². The zero-order chi connectivity index (χ0) is 12.3. The molecule has 6 heteroatoms. The molecule has 4 rings (SSSR count). The van der Waals surface area contributed by atoms with Crippen LogP contribution in [0.3, 0.4) is 0 Å². The second-order valence-electron chi connectivity index (χ2n) is 5.94. The van der Waals surface area contributed by atoms with Crippen molar-refractivity contribution in [1.29, 1.82) is 0 Å². The minimum atomic E-state index is 0.557. The van der Waals surface area contributed by atoms with Gasteiger partial charge in [0.2, 0.25) is 0 Å². The Morgan fingerprint density at radius 2 is 2.00 bits per heavy atom. The van der Waals surface area contributed by atoms with E-state index in [0.717, 1.165) is 11.8 Å². The van der Waals surface area contributed by atoms with Gasteiger partial charge in [0.15, 0.2) is 0 Å². The Bertz CT molecular complexity index is 364. The van der Waals surface area contributed by atoms with Gasteiger partial charge in [0.05, 0.1) is 6.04 Å². The first-order valence-electron chi connectivity index (χ1n) is 6.88. The zero-order valence-electron chi connectivity index (χ0n) is 10.1. The Hall–Kier alpha value is 0.380. The first kappa shape index (κ1) is 12.1. The monoisotopic (exact) mass is 376 g/mol. The van der Waals surface area contributed by atoms with Crippen molar-refractivity contribution in [2.45, 2.75) is 44.2 Å². The summed E-state index contributed by atoms with van der Waals surface area (Å²) < 4.78 is 2.53. The number of nitrogens with zero attached hydrogens (tertiary/aromatic N) is 1. The maximum Gasteiger partial charge on any atom is 0.107 e. The molecule has 1 saturated heterocycles. The number of hydrogen-bond donors (Lipinski definition) is 3. The first-order valence-corrected chi connectivity index (χ1v) is 8.46. The van der Waals surface area contributed by atoms with E-state index < -0.39 is 0 Å². The highest BCUT2D eigenvalue weighted by molar-refractivity contribution is 9.14. The maximum absolute atomic E-state index is 3.83. The Labute approximate surface area is 124 Å². The molecule has 4 aliphatic rings. The molecule has 2 saturated carbocycles. The summed E-state index contributed by atoms with van der Waals surface area (Å²) in [6.45, 7) is 0. The highest BCUT2D eigenvalue weighted by Gasteiger charge is 2.53. The summed E-state index contributed by atoms with van der Waals surface area (Å²) in [5.74, 6) is 2.40. The van der Waals surface area contributed by atoms with Crippen molar-refractivity contribution in [3.8, 4) is 0 Å². The molecule has 0 bridgehead atoms. The third-order valence-electron chi connectivity index (χ3n) is 5.22. The Morgan fingerprint density at radius 1 is 1.11 bits per heavy atom. The van der Waals surface area contributed by atoms with E-state index in [0.29, 0.717) is 18.0 Å². The highest BCUT2D eigenvalue weighted by atomic mass is 79.9. The standard InChI is InChI=1S/C12H18Br2N4/c13-10-7-3-1-2-6-4-5-8-11(9(6)7)18(12(10)14)17-16-15-8/h6-9,11,15-17H,1-5H2. The summed E-state index contributed by atoms with van der Waals surface area (Å²) in [5, 5.41) is 2.28. The Balaban J connectivity index is 1.80. The fourth-order valence-corrected chi connectivity index (χ4v) is 5.86. The van der Waals surface area contributed by atoms with Gasteiger partial charge < -0.3 is 0 Å². The van der Waals surface area contributed by atoms with Crippen LogP contribution in [0.1, 0.15) is 32.1 Å². The maximum atomic E-state index is 3.83. The van der Waals surface area contributed by atoms with E-state index in [1.807, 2.05) is 0 Å². The molecule has 0 aromatic carbocycles. The van der Waals surface area contributed by atoms with Crippen LogP contribution in [0.2, 0.25) is 0 Å². The highest BCUT2D eigenvalue weighted by Crippen LogP contribution is 2.54. The van der Waals surface area contributed by atoms with Gasteiger partial charge in [-0.3, -0.25) is 5.01 Å². The predicted octanol–water partition coefficient (Wildman–Crippen LogP) is 2.35. The minimum absolute atomic E-state index is 0.557. The molecule has 2 aliphatic heterocycles. The van der Waals surface area contributed by atoms with Crippen molar-refractivity contribution >= 4 is 31.9 Å². The lowest BCUT2D eigenvalue weighted by Crippen LogP contribution is -2.74. The van der Waals surface area contributed by atoms with Crippen LogP contribution in [0.25, 0.3) is 0 Å². The van der Waals surface area contributed by atoms with Crippen molar-refractivity contribution in [3.05, 3.63) is 9.09 Å². The summed E-state index contributed by atoms with van der Waals surface area (Å²) in [6, 6.07) is 1.13. The average Bonchev–Trinajstić information content (AvgIpc) is 2.43. The van der Waals surface area contributed by atoms with Gasteiger partial charge in [-0.1, -0.05) is 28.8 Å². The van der Waals surface area contributed by atoms with Gasteiger partial charge in [0, 0.05) is 10.5 Å². The van der Waals surface area contributed by atoms with Gasteiger partial charge in [0.25, 0.3) is 0 Å². The molecule has 0 spiro atoms. The van der Waals surface area contributed by atoms with Crippen LogP contribution < -0.4 is 16.5 Å². The van der Waals surface area contributed by atoms with Crippen LogP contribution in [0.5, 0.6) is 0 Å². The minimum Gasteiger partial charge on any atom is -0.281 e. The second-order valence-corrected chi connectivity index (χ2v) is 7.54. The van der Waals surface area contributed by atoms with E-state index in [1.165, 1.54) is 41.2 Å². The molecular weight excluding hydrogens is 360 g/mol. The lowest BCUT2D eigenvalue weighted by molar-refractivity contribution is -0.0668. The van der Waals surface area contributed by atoms with Crippen LogP contribution in [0.15, 0.2) is 9.09 Å². The molecule has 0 aromatic rings. The third kappa shape index (κ3) is 1.59. The number of allylic oxidation sites excluding steroid dienone is 1. The van der Waals surface area contributed by atoms with Gasteiger partial charge in [0.1, 0.15) is 4.61 Å². The molecular formula is C12H18Br2N4. The predicted molar refractivity (Wildman–Crippen MR) is 77.3 cm³/mol. The fraction of sp³-hybridized carbons (Fsp3) is 0.833. The van der Waals surface area contributed by atoms with Gasteiger partial charge in [-0.2, -0.15) is 11.1 Å². The number of nitrogens with one attached hydrogen (secondary N) is 3. The van der Waals surface area contributed by atoms with E-state index in [-0.39, 0.29) is 0 Å². The van der Waals surface area contributed by atoms with E-state index in [9.17, 15) is 0 Å². The molecule has 2 aliphatic carbocycles. The fourth-order valence-electron chi connectivity index (χ4n) is 4.51. The van der Waals surface area contributed by atoms with Crippen LogP contribution in [0.4, 0.5) is 0 Å². The van der Waals surface area contributed by atoms with Gasteiger partial charge in [-0.25, -0.2) is 5.43 Å². The lowest BCUT2D eigenvalue weighted by atomic mass is 9.61. The summed E-state index contributed by atoms with van der Waals surface area (Å²) in [6.07, 6.45) is 6.80.